The molecule has 1 aliphatic rings. The first-order valence-corrected chi connectivity index (χ1v) is 6.13. The summed E-state index contributed by atoms with van der Waals surface area (Å²) in [6, 6.07) is 2.43. The molecule has 0 spiro atoms. The molecule has 1 fully saturated rings. The van der Waals surface area contributed by atoms with Crippen molar-refractivity contribution in [3.63, 3.8) is 0 Å². The molecule has 1 aliphatic carbocycles. The summed E-state index contributed by atoms with van der Waals surface area (Å²) in [4.78, 5) is 8.05. The molecule has 1 aromatic heterocycles. The lowest BCUT2D eigenvalue weighted by atomic mass is 9.84. The Balaban J connectivity index is 1.87. The second-order valence-corrected chi connectivity index (χ2v) is 4.57. The Kier molecular flexibility index (Phi) is 3.59. The minimum Gasteiger partial charge on any atom is -0.368 e. The van der Waals surface area contributed by atoms with E-state index in [2.05, 4.69) is 22.2 Å². The van der Waals surface area contributed by atoms with Crippen molar-refractivity contribution < 1.29 is 0 Å². The van der Waals surface area contributed by atoms with Gasteiger partial charge in [-0.05, 0) is 37.7 Å². The Labute approximate surface area is 96.7 Å². The number of aromatic nitrogens is 2. The molecule has 0 aromatic carbocycles. The first-order chi connectivity index (χ1) is 7.78. The van der Waals surface area contributed by atoms with E-state index in [1.165, 1.54) is 32.1 Å². The van der Waals surface area contributed by atoms with Gasteiger partial charge in [-0.15, -0.1) is 0 Å². The van der Waals surface area contributed by atoms with Gasteiger partial charge in [-0.25, -0.2) is 4.98 Å². The van der Waals surface area contributed by atoms with E-state index < -0.39 is 0 Å². The van der Waals surface area contributed by atoms with Crippen molar-refractivity contribution in [2.45, 2.75) is 45.1 Å². The molecule has 4 nitrogen and oxygen atoms in total. The van der Waals surface area contributed by atoms with E-state index in [0.717, 1.165) is 11.7 Å². The lowest BCUT2D eigenvalue weighted by Gasteiger charge is -2.28. The van der Waals surface area contributed by atoms with Gasteiger partial charge < -0.3 is 11.1 Å². The van der Waals surface area contributed by atoms with Crippen molar-refractivity contribution in [3.8, 4) is 0 Å². The minimum atomic E-state index is 0.340. The highest BCUT2D eigenvalue weighted by molar-refractivity contribution is 5.38. The average molecular weight is 220 g/mol. The zero-order valence-electron chi connectivity index (χ0n) is 9.82. The van der Waals surface area contributed by atoms with Crippen molar-refractivity contribution in [1.29, 1.82) is 0 Å². The summed E-state index contributed by atoms with van der Waals surface area (Å²) < 4.78 is 0. The molecule has 0 bridgehead atoms. The Hall–Kier alpha value is -1.32. The van der Waals surface area contributed by atoms with Crippen LogP contribution < -0.4 is 11.1 Å². The first-order valence-electron chi connectivity index (χ1n) is 6.13. The van der Waals surface area contributed by atoms with Crippen molar-refractivity contribution in [2.24, 2.45) is 5.92 Å². The van der Waals surface area contributed by atoms with Gasteiger partial charge in [-0.2, -0.15) is 4.98 Å². The van der Waals surface area contributed by atoms with Gasteiger partial charge in [0.1, 0.15) is 5.82 Å². The number of nitrogens with two attached hydrogens (primary N) is 1. The zero-order chi connectivity index (χ0) is 11.4. The van der Waals surface area contributed by atoms with E-state index in [4.69, 9.17) is 5.73 Å². The molecule has 2 rings (SSSR count). The fraction of sp³-hybridized carbons (Fsp3) is 0.667. The highest BCUT2D eigenvalue weighted by Gasteiger charge is 2.19. The second-order valence-electron chi connectivity index (χ2n) is 4.57. The van der Waals surface area contributed by atoms with Crippen LogP contribution in [-0.4, -0.2) is 16.0 Å². The highest BCUT2D eigenvalue weighted by atomic mass is 15.1. The largest absolute Gasteiger partial charge is 0.368 e. The molecule has 0 aliphatic heterocycles. The summed E-state index contributed by atoms with van der Waals surface area (Å²) in [5.74, 6) is 2.12. The number of hydrogen-bond acceptors (Lipinski definition) is 4. The smallest absolute Gasteiger partial charge is 0.221 e. The zero-order valence-corrected chi connectivity index (χ0v) is 9.82. The van der Waals surface area contributed by atoms with E-state index >= 15 is 0 Å². The summed E-state index contributed by atoms with van der Waals surface area (Å²) in [6.07, 6.45) is 8.14. The monoisotopic (exact) mass is 220 g/mol. The average Bonchev–Trinajstić information content (AvgIpc) is 2.30. The van der Waals surface area contributed by atoms with Crippen LogP contribution in [-0.2, 0) is 0 Å². The maximum Gasteiger partial charge on any atom is 0.221 e. The SMILES string of the molecule is CCC1CCC(Nc2ccnc(N)n2)CC1. The van der Waals surface area contributed by atoms with Gasteiger partial charge >= 0.3 is 0 Å². The maximum absolute atomic E-state index is 5.55. The molecular weight excluding hydrogens is 200 g/mol. The van der Waals surface area contributed by atoms with Gasteiger partial charge in [-0.3, -0.25) is 0 Å². The van der Waals surface area contributed by atoms with Gasteiger partial charge in [0.2, 0.25) is 5.95 Å². The third kappa shape index (κ3) is 2.84. The Morgan fingerprint density at radius 1 is 1.38 bits per heavy atom. The lowest BCUT2D eigenvalue weighted by Crippen LogP contribution is -2.26. The molecule has 1 saturated carbocycles. The molecule has 0 atom stereocenters. The first kappa shape index (κ1) is 11.2. The fourth-order valence-electron chi connectivity index (χ4n) is 2.38. The molecule has 3 N–H and O–H groups in total. The lowest BCUT2D eigenvalue weighted by molar-refractivity contribution is 0.330. The van der Waals surface area contributed by atoms with Gasteiger partial charge in [0.25, 0.3) is 0 Å². The van der Waals surface area contributed by atoms with Crippen LogP contribution in [0, 0.1) is 5.92 Å². The van der Waals surface area contributed by atoms with Gasteiger partial charge in [0.05, 0.1) is 0 Å². The van der Waals surface area contributed by atoms with Crippen molar-refractivity contribution >= 4 is 11.8 Å². The number of anilines is 2. The number of nitrogens with zero attached hydrogens (tertiary/aromatic N) is 2. The second kappa shape index (κ2) is 5.14. The molecule has 88 valence electrons. The number of rotatable bonds is 3. The molecule has 4 heteroatoms. The Bertz CT molecular complexity index is 332. The van der Waals surface area contributed by atoms with Crippen LogP contribution >= 0.6 is 0 Å². The summed E-state index contributed by atoms with van der Waals surface area (Å²) in [5, 5.41) is 3.44. The van der Waals surface area contributed by atoms with Gasteiger partial charge in [-0.1, -0.05) is 13.3 Å². The maximum atomic E-state index is 5.55. The molecule has 1 aromatic rings. The van der Waals surface area contributed by atoms with Crippen LogP contribution in [0.3, 0.4) is 0 Å². The van der Waals surface area contributed by atoms with Crippen molar-refractivity contribution in [2.75, 3.05) is 11.1 Å². The molecule has 0 amide bonds. The van der Waals surface area contributed by atoms with Crippen LogP contribution in [0.25, 0.3) is 0 Å². The van der Waals surface area contributed by atoms with Crippen LogP contribution in [0.15, 0.2) is 12.3 Å². The van der Waals surface area contributed by atoms with Crippen molar-refractivity contribution in [1.82, 2.24) is 9.97 Å². The van der Waals surface area contributed by atoms with E-state index in [-0.39, 0.29) is 0 Å². The van der Waals surface area contributed by atoms with E-state index in [9.17, 15) is 0 Å². The van der Waals surface area contributed by atoms with Gasteiger partial charge in [0, 0.05) is 12.2 Å². The van der Waals surface area contributed by atoms with Crippen LogP contribution in [0.2, 0.25) is 0 Å². The standard InChI is InChI=1S/C12H20N4/c1-2-9-3-5-10(6-4-9)15-11-7-8-14-12(13)16-11/h7-10H,2-6H2,1H3,(H3,13,14,15,16). The molecule has 16 heavy (non-hydrogen) atoms. The van der Waals surface area contributed by atoms with Crippen LogP contribution in [0.4, 0.5) is 11.8 Å². The van der Waals surface area contributed by atoms with E-state index in [0.29, 0.717) is 12.0 Å². The molecule has 1 heterocycles. The van der Waals surface area contributed by atoms with Crippen LogP contribution in [0.5, 0.6) is 0 Å². The summed E-state index contributed by atoms with van der Waals surface area (Å²) in [7, 11) is 0. The number of hydrogen-bond donors (Lipinski definition) is 2. The fourth-order valence-corrected chi connectivity index (χ4v) is 2.38. The quantitative estimate of drug-likeness (QED) is 0.821. The third-order valence-electron chi connectivity index (χ3n) is 3.45. The topological polar surface area (TPSA) is 63.8 Å². The van der Waals surface area contributed by atoms with E-state index in [1.807, 2.05) is 6.07 Å². The number of nitrogen functional groups attached to an aromatic ring is 1. The Morgan fingerprint density at radius 3 is 2.75 bits per heavy atom. The molecule has 0 unspecified atom stereocenters. The Morgan fingerprint density at radius 2 is 2.12 bits per heavy atom. The molecular formula is C12H20N4. The summed E-state index contributed by atoms with van der Waals surface area (Å²) in [6.45, 7) is 2.28. The molecule has 0 radical (unpaired) electrons. The van der Waals surface area contributed by atoms with E-state index in [1.54, 1.807) is 6.20 Å². The summed E-state index contributed by atoms with van der Waals surface area (Å²) in [5.41, 5.74) is 5.55. The highest BCUT2D eigenvalue weighted by Crippen LogP contribution is 2.27. The minimum absolute atomic E-state index is 0.340. The third-order valence-corrected chi connectivity index (χ3v) is 3.45. The predicted octanol–water partition coefficient (Wildman–Crippen LogP) is 2.44. The van der Waals surface area contributed by atoms with Crippen LogP contribution in [0.1, 0.15) is 39.0 Å². The number of nitrogens with one attached hydrogen (secondary N) is 1. The predicted molar refractivity (Wildman–Crippen MR) is 66.1 cm³/mol. The van der Waals surface area contributed by atoms with Crippen molar-refractivity contribution in [3.05, 3.63) is 12.3 Å². The molecule has 0 saturated heterocycles. The normalized spacial score (nSPS) is 25.3. The summed E-state index contributed by atoms with van der Waals surface area (Å²) >= 11 is 0. The van der Waals surface area contributed by atoms with Gasteiger partial charge in [0.15, 0.2) is 0 Å².